The van der Waals surface area contributed by atoms with E-state index in [0.717, 1.165) is 29.4 Å². The van der Waals surface area contributed by atoms with Gasteiger partial charge in [-0.2, -0.15) is 0 Å². The van der Waals surface area contributed by atoms with Gasteiger partial charge in [-0.3, -0.25) is 14.6 Å². The summed E-state index contributed by atoms with van der Waals surface area (Å²) in [5.74, 6) is -0.639. The molecule has 23 heavy (non-hydrogen) atoms. The van der Waals surface area contributed by atoms with E-state index < -0.39 is 0 Å². The first-order valence-electron chi connectivity index (χ1n) is 7.94. The zero-order valence-corrected chi connectivity index (χ0v) is 13.5. The van der Waals surface area contributed by atoms with Crippen molar-refractivity contribution in [2.45, 2.75) is 32.7 Å². The first kappa shape index (κ1) is 15.5. The summed E-state index contributed by atoms with van der Waals surface area (Å²) in [4.78, 5) is 30.9. The van der Waals surface area contributed by atoms with Crippen molar-refractivity contribution >= 4 is 22.7 Å². The van der Waals surface area contributed by atoms with E-state index in [1.807, 2.05) is 44.2 Å². The van der Waals surface area contributed by atoms with Crippen molar-refractivity contribution in [2.24, 2.45) is 11.7 Å². The number of hydrogen-bond donors (Lipinski definition) is 1. The summed E-state index contributed by atoms with van der Waals surface area (Å²) in [5.41, 5.74) is 7.71. The number of pyridine rings is 1. The lowest BCUT2D eigenvalue weighted by atomic mass is 9.92. The van der Waals surface area contributed by atoms with Crippen LogP contribution in [0, 0.1) is 12.8 Å². The zero-order valence-electron chi connectivity index (χ0n) is 13.5. The number of nitrogens with zero attached hydrogens (tertiary/aromatic N) is 2. The molecule has 1 saturated heterocycles. The van der Waals surface area contributed by atoms with E-state index in [1.165, 1.54) is 0 Å². The summed E-state index contributed by atoms with van der Waals surface area (Å²) in [5, 5.41) is 0.844. The third-order valence-electron chi connectivity index (χ3n) is 4.62. The minimum absolute atomic E-state index is 0.0508. The maximum Gasteiger partial charge on any atom is 0.254 e. The molecule has 3 rings (SSSR count). The quantitative estimate of drug-likeness (QED) is 0.924. The molecule has 0 bridgehead atoms. The van der Waals surface area contributed by atoms with Gasteiger partial charge in [0, 0.05) is 23.7 Å². The highest BCUT2D eigenvalue weighted by atomic mass is 16.2. The Balaban J connectivity index is 2.01. The van der Waals surface area contributed by atoms with E-state index in [-0.39, 0.29) is 23.8 Å². The van der Waals surface area contributed by atoms with E-state index in [4.69, 9.17) is 5.73 Å². The molecule has 2 N–H and O–H groups in total. The van der Waals surface area contributed by atoms with Crippen LogP contribution in [0.15, 0.2) is 30.3 Å². The number of primary amides is 1. The second-order valence-corrected chi connectivity index (χ2v) is 6.31. The average molecular weight is 311 g/mol. The minimum Gasteiger partial charge on any atom is -0.369 e. The average Bonchev–Trinajstić information content (AvgIpc) is 2.53. The first-order chi connectivity index (χ1) is 11.0. The predicted molar refractivity (Wildman–Crippen MR) is 88.9 cm³/mol. The number of hydrogen-bond acceptors (Lipinski definition) is 3. The first-order valence-corrected chi connectivity index (χ1v) is 7.94. The number of rotatable bonds is 2. The molecule has 0 unspecified atom stereocenters. The van der Waals surface area contributed by atoms with Crippen molar-refractivity contribution in [2.75, 3.05) is 6.54 Å². The largest absolute Gasteiger partial charge is 0.369 e. The predicted octanol–water partition coefficient (Wildman–Crippen LogP) is 2.27. The molecular weight excluding hydrogens is 290 g/mol. The number of para-hydroxylation sites is 1. The zero-order chi connectivity index (χ0) is 16.6. The topological polar surface area (TPSA) is 76.3 Å². The summed E-state index contributed by atoms with van der Waals surface area (Å²) in [6, 6.07) is 9.56. The molecule has 0 spiro atoms. The second-order valence-electron chi connectivity index (χ2n) is 6.31. The van der Waals surface area contributed by atoms with Crippen LogP contribution in [0.1, 0.15) is 35.8 Å². The monoisotopic (exact) mass is 311 g/mol. The van der Waals surface area contributed by atoms with E-state index in [0.29, 0.717) is 12.1 Å². The molecule has 1 aliphatic rings. The van der Waals surface area contributed by atoms with Crippen LogP contribution in [0.5, 0.6) is 0 Å². The minimum atomic E-state index is -0.328. The Kier molecular flexibility index (Phi) is 4.03. The summed E-state index contributed by atoms with van der Waals surface area (Å²) in [7, 11) is 0. The molecule has 0 radical (unpaired) electrons. The highest BCUT2D eigenvalue weighted by Gasteiger charge is 2.32. The third kappa shape index (κ3) is 2.91. The molecule has 0 aliphatic carbocycles. The number of carbonyl (C=O) groups excluding carboxylic acids is 2. The van der Waals surface area contributed by atoms with E-state index in [9.17, 15) is 9.59 Å². The molecule has 1 fully saturated rings. The lowest BCUT2D eigenvalue weighted by molar-refractivity contribution is -0.123. The van der Waals surface area contributed by atoms with E-state index >= 15 is 0 Å². The Hall–Kier alpha value is -2.43. The lowest BCUT2D eigenvalue weighted by Gasteiger charge is -2.37. The SMILES string of the molecule is Cc1cc(C(=O)N2C[C@H](C(N)=O)CC[C@H]2C)c2ccccc2n1. The van der Waals surface area contributed by atoms with Gasteiger partial charge in [-0.1, -0.05) is 18.2 Å². The van der Waals surface area contributed by atoms with Crippen LogP contribution in [0.25, 0.3) is 10.9 Å². The van der Waals surface area contributed by atoms with Crippen LogP contribution in [0.3, 0.4) is 0 Å². The van der Waals surface area contributed by atoms with Crippen LogP contribution in [0.4, 0.5) is 0 Å². The maximum absolute atomic E-state index is 13.1. The highest BCUT2D eigenvalue weighted by Crippen LogP contribution is 2.26. The number of aryl methyl sites for hydroxylation is 1. The second kappa shape index (κ2) is 5.99. The van der Waals surface area contributed by atoms with Crippen LogP contribution < -0.4 is 5.73 Å². The van der Waals surface area contributed by atoms with Gasteiger partial charge in [0.05, 0.1) is 17.0 Å². The fourth-order valence-electron chi connectivity index (χ4n) is 3.26. The van der Waals surface area contributed by atoms with Crippen LogP contribution in [0.2, 0.25) is 0 Å². The number of benzene rings is 1. The molecule has 2 amide bonds. The van der Waals surface area contributed by atoms with E-state index in [2.05, 4.69) is 4.98 Å². The number of carbonyl (C=O) groups is 2. The van der Waals surface area contributed by atoms with Crippen LogP contribution in [-0.4, -0.2) is 34.3 Å². The van der Waals surface area contributed by atoms with Crippen molar-refractivity contribution in [1.29, 1.82) is 0 Å². The molecule has 2 heterocycles. The van der Waals surface area contributed by atoms with Crippen molar-refractivity contribution in [3.05, 3.63) is 41.6 Å². The summed E-state index contributed by atoms with van der Waals surface area (Å²) in [6.07, 6.45) is 1.54. The molecule has 1 aromatic heterocycles. The third-order valence-corrected chi connectivity index (χ3v) is 4.62. The Morgan fingerprint density at radius 1 is 1.26 bits per heavy atom. The number of aromatic nitrogens is 1. The number of piperidine rings is 1. The molecule has 2 aromatic rings. The molecule has 5 heteroatoms. The van der Waals surface area contributed by atoms with Gasteiger partial charge in [0.1, 0.15) is 0 Å². The van der Waals surface area contributed by atoms with Gasteiger partial charge in [0.15, 0.2) is 0 Å². The van der Waals surface area contributed by atoms with Crippen molar-refractivity contribution in [3.63, 3.8) is 0 Å². The molecule has 1 aliphatic heterocycles. The summed E-state index contributed by atoms with van der Waals surface area (Å²) in [6.45, 7) is 4.30. The Bertz CT molecular complexity index is 772. The van der Waals surface area contributed by atoms with Gasteiger partial charge in [0.2, 0.25) is 5.91 Å². The van der Waals surface area contributed by atoms with Gasteiger partial charge >= 0.3 is 0 Å². The van der Waals surface area contributed by atoms with Gasteiger partial charge in [-0.25, -0.2) is 0 Å². The van der Waals surface area contributed by atoms with Gasteiger partial charge in [-0.05, 0) is 38.8 Å². The Morgan fingerprint density at radius 3 is 2.74 bits per heavy atom. The Labute approximate surface area is 135 Å². The van der Waals surface area contributed by atoms with Crippen molar-refractivity contribution in [3.8, 4) is 0 Å². The number of nitrogens with two attached hydrogens (primary N) is 1. The number of fused-ring (bicyclic) bond motifs is 1. The Morgan fingerprint density at radius 2 is 2.00 bits per heavy atom. The molecule has 2 atom stereocenters. The maximum atomic E-state index is 13.1. The van der Waals surface area contributed by atoms with Gasteiger partial charge < -0.3 is 10.6 Å². The number of likely N-dealkylation sites (tertiary alicyclic amines) is 1. The van der Waals surface area contributed by atoms with Crippen molar-refractivity contribution in [1.82, 2.24) is 9.88 Å². The highest BCUT2D eigenvalue weighted by molar-refractivity contribution is 6.06. The summed E-state index contributed by atoms with van der Waals surface area (Å²) >= 11 is 0. The molecule has 0 saturated carbocycles. The molecular formula is C18H21N3O2. The van der Waals surface area contributed by atoms with Crippen LogP contribution >= 0.6 is 0 Å². The molecule has 5 nitrogen and oxygen atoms in total. The van der Waals surface area contributed by atoms with Crippen molar-refractivity contribution < 1.29 is 9.59 Å². The lowest BCUT2D eigenvalue weighted by Crippen LogP contribution is -2.48. The molecule has 120 valence electrons. The van der Waals surface area contributed by atoms with Gasteiger partial charge in [0.25, 0.3) is 5.91 Å². The molecule has 1 aromatic carbocycles. The van der Waals surface area contributed by atoms with E-state index in [1.54, 1.807) is 4.90 Å². The van der Waals surface area contributed by atoms with Crippen LogP contribution in [-0.2, 0) is 4.79 Å². The van der Waals surface area contributed by atoms with Gasteiger partial charge in [-0.15, -0.1) is 0 Å². The normalized spacial score (nSPS) is 21.4. The summed E-state index contributed by atoms with van der Waals surface area (Å²) < 4.78 is 0. The smallest absolute Gasteiger partial charge is 0.254 e. The fraction of sp³-hybridized carbons (Fsp3) is 0.389. The standard InChI is InChI=1S/C18H21N3O2/c1-11-9-15(14-5-3-4-6-16(14)20-11)18(23)21-10-13(17(19)22)8-7-12(21)2/h3-6,9,12-13H,7-8,10H2,1-2H3,(H2,19,22)/t12-,13-/m1/s1. The fourth-order valence-corrected chi connectivity index (χ4v) is 3.26. The number of amides is 2.